The number of rotatable bonds is 18. The van der Waals surface area contributed by atoms with Crippen LogP contribution < -0.4 is 0 Å². The van der Waals surface area contributed by atoms with E-state index in [1.165, 1.54) is 25.7 Å². The molecule has 0 radical (unpaired) electrons. The Kier molecular flexibility index (Phi) is 15.5. The molecule has 0 aliphatic carbocycles. The molecule has 0 N–H and O–H groups in total. The van der Waals surface area contributed by atoms with Crippen molar-refractivity contribution in [2.45, 2.75) is 84.5 Å². The van der Waals surface area contributed by atoms with Gasteiger partial charge in [-0.05, 0) is 37.3 Å². The minimum absolute atomic E-state index is 0.132. The van der Waals surface area contributed by atoms with Crippen LogP contribution in [0.1, 0.15) is 105 Å². The van der Waals surface area contributed by atoms with Gasteiger partial charge in [0.2, 0.25) is 0 Å². The Bertz CT molecular complexity index is 620. The number of nitrogens with zero attached hydrogens (tertiary/aromatic N) is 1. The molecule has 6 nitrogen and oxygen atoms in total. The number of aromatic nitrogens is 1. The average molecular weight is 436 g/mol. The number of hydrogen-bond donors (Lipinski definition) is 0. The number of pyridine rings is 1. The van der Waals surface area contributed by atoms with Crippen molar-refractivity contribution in [3.8, 4) is 0 Å². The molecule has 1 heterocycles. The van der Waals surface area contributed by atoms with E-state index in [9.17, 15) is 9.59 Å². The molecular formula is C25H41NO5. The maximum Gasteiger partial charge on any atom is 0.356 e. The zero-order chi connectivity index (χ0) is 22.7. The van der Waals surface area contributed by atoms with Gasteiger partial charge in [-0.25, -0.2) is 14.6 Å². The Labute approximate surface area is 188 Å². The molecule has 1 rings (SSSR count). The van der Waals surface area contributed by atoms with Crippen LogP contribution in [0.15, 0.2) is 18.2 Å². The highest BCUT2D eigenvalue weighted by molar-refractivity contribution is 5.91. The number of methoxy groups -OCH3 is 1. The molecule has 0 saturated heterocycles. The van der Waals surface area contributed by atoms with E-state index >= 15 is 0 Å². The molecule has 1 atom stereocenters. The average Bonchev–Trinajstić information content (AvgIpc) is 2.79. The minimum atomic E-state index is -0.511. The van der Waals surface area contributed by atoms with Gasteiger partial charge < -0.3 is 14.2 Å². The van der Waals surface area contributed by atoms with E-state index in [4.69, 9.17) is 14.2 Å². The summed E-state index contributed by atoms with van der Waals surface area (Å²) in [6.07, 6.45) is 12.0. The maximum absolute atomic E-state index is 12.4. The van der Waals surface area contributed by atoms with E-state index < -0.39 is 11.9 Å². The first-order valence-electron chi connectivity index (χ1n) is 11.9. The van der Waals surface area contributed by atoms with E-state index in [2.05, 4.69) is 18.8 Å². The highest BCUT2D eigenvalue weighted by atomic mass is 16.5. The van der Waals surface area contributed by atoms with Crippen LogP contribution in [0.4, 0.5) is 0 Å². The highest BCUT2D eigenvalue weighted by Gasteiger charge is 2.17. The molecule has 176 valence electrons. The fraction of sp³-hybridized carbons (Fsp3) is 0.720. The molecule has 0 saturated carbocycles. The van der Waals surface area contributed by atoms with Crippen LogP contribution in [0.2, 0.25) is 0 Å². The third-order valence-electron chi connectivity index (χ3n) is 5.29. The lowest BCUT2D eigenvalue weighted by molar-refractivity contribution is 0.0392. The Morgan fingerprint density at radius 3 is 2.10 bits per heavy atom. The second-order valence-corrected chi connectivity index (χ2v) is 8.05. The van der Waals surface area contributed by atoms with Gasteiger partial charge in [0.15, 0.2) is 0 Å². The Morgan fingerprint density at radius 2 is 1.42 bits per heavy atom. The Morgan fingerprint density at radius 1 is 0.806 bits per heavy atom. The van der Waals surface area contributed by atoms with Crippen molar-refractivity contribution < 1.29 is 23.8 Å². The molecule has 0 fully saturated rings. The summed E-state index contributed by atoms with van der Waals surface area (Å²) in [6.45, 7) is 5.71. The number of carbonyl (C=O) groups excluding carboxylic acids is 2. The number of ether oxygens (including phenoxy) is 3. The molecule has 31 heavy (non-hydrogen) atoms. The molecule has 0 spiro atoms. The monoisotopic (exact) mass is 435 g/mol. The first-order chi connectivity index (χ1) is 15.1. The van der Waals surface area contributed by atoms with E-state index in [0.29, 0.717) is 19.8 Å². The Hall–Kier alpha value is -1.95. The molecular weight excluding hydrogens is 394 g/mol. The van der Waals surface area contributed by atoms with E-state index in [1.54, 1.807) is 25.3 Å². The molecule has 0 bridgehead atoms. The summed E-state index contributed by atoms with van der Waals surface area (Å²) < 4.78 is 16.0. The van der Waals surface area contributed by atoms with Crippen LogP contribution in [-0.2, 0) is 14.2 Å². The highest BCUT2D eigenvalue weighted by Crippen LogP contribution is 2.16. The normalized spacial score (nSPS) is 11.8. The van der Waals surface area contributed by atoms with Gasteiger partial charge in [0.1, 0.15) is 11.4 Å². The topological polar surface area (TPSA) is 74.7 Å². The standard InChI is InChI=1S/C25H41NO5/c1-4-6-8-9-10-12-18-30-24(27)22-15-13-16-23(26-22)25(28)31-20-21(17-19-29-3)14-11-7-5-2/h13,15-16,21H,4-12,14,17-20H2,1-3H3. The fourth-order valence-corrected chi connectivity index (χ4v) is 3.33. The quantitative estimate of drug-likeness (QED) is 0.208. The van der Waals surface area contributed by atoms with E-state index in [-0.39, 0.29) is 17.3 Å². The number of carbonyl (C=O) groups is 2. The third-order valence-corrected chi connectivity index (χ3v) is 5.29. The lowest BCUT2D eigenvalue weighted by atomic mass is 9.99. The molecule has 0 amide bonds. The van der Waals surface area contributed by atoms with Crippen molar-refractivity contribution in [2.24, 2.45) is 5.92 Å². The summed E-state index contributed by atoms with van der Waals surface area (Å²) in [4.78, 5) is 28.8. The molecule has 1 aromatic rings. The summed E-state index contributed by atoms with van der Waals surface area (Å²) in [7, 11) is 1.68. The lowest BCUT2D eigenvalue weighted by Crippen LogP contribution is -2.18. The van der Waals surface area contributed by atoms with Gasteiger partial charge in [-0.15, -0.1) is 0 Å². The molecule has 0 aliphatic heterocycles. The lowest BCUT2D eigenvalue weighted by Gasteiger charge is -2.16. The fourth-order valence-electron chi connectivity index (χ4n) is 3.33. The third kappa shape index (κ3) is 12.5. The summed E-state index contributed by atoms with van der Waals surface area (Å²) in [5, 5.41) is 0. The van der Waals surface area contributed by atoms with Gasteiger partial charge in [0.25, 0.3) is 0 Å². The molecule has 0 aliphatic rings. The van der Waals surface area contributed by atoms with Crippen molar-refractivity contribution in [1.29, 1.82) is 0 Å². The molecule has 6 heteroatoms. The molecule has 1 aromatic heterocycles. The SMILES string of the molecule is CCCCCCCCOC(=O)c1cccc(C(=O)OCC(CCCCC)CCOC)n1. The van der Waals surface area contributed by atoms with Crippen LogP contribution in [0.25, 0.3) is 0 Å². The van der Waals surface area contributed by atoms with Crippen molar-refractivity contribution in [3.05, 3.63) is 29.6 Å². The smallest absolute Gasteiger partial charge is 0.356 e. The maximum atomic E-state index is 12.4. The number of esters is 2. The number of hydrogen-bond acceptors (Lipinski definition) is 6. The molecule has 0 aromatic carbocycles. The zero-order valence-electron chi connectivity index (χ0n) is 19.7. The predicted octanol–water partition coefficient (Wildman–Crippen LogP) is 5.99. The van der Waals surface area contributed by atoms with Crippen molar-refractivity contribution in [2.75, 3.05) is 26.9 Å². The largest absolute Gasteiger partial charge is 0.461 e. The van der Waals surface area contributed by atoms with Gasteiger partial charge in [-0.3, -0.25) is 0 Å². The van der Waals surface area contributed by atoms with Crippen LogP contribution in [-0.4, -0.2) is 43.9 Å². The summed E-state index contributed by atoms with van der Waals surface area (Å²) in [5.74, 6) is -0.745. The summed E-state index contributed by atoms with van der Waals surface area (Å²) in [5.41, 5.74) is 0.271. The van der Waals surface area contributed by atoms with Gasteiger partial charge in [0.05, 0.1) is 13.2 Å². The summed E-state index contributed by atoms with van der Waals surface area (Å²) >= 11 is 0. The van der Waals surface area contributed by atoms with Crippen molar-refractivity contribution >= 4 is 11.9 Å². The van der Waals surface area contributed by atoms with Gasteiger partial charge in [-0.2, -0.15) is 0 Å². The van der Waals surface area contributed by atoms with E-state index in [0.717, 1.165) is 44.9 Å². The van der Waals surface area contributed by atoms with Crippen LogP contribution in [0.5, 0.6) is 0 Å². The van der Waals surface area contributed by atoms with Crippen LogP contribution in [0, 0.1) is 5.92 Å². The second-order valence-electron chi connectivity index (χ2n) is 8.05. The predicted molar refractivity (Wildman–Crippen MR) is 122 cm³/mol. The van der Waals surface area contributed by atoms with Gasteiger partial charge in [0, 0.05) is 13.7 Å². The van der Waals surface area contributed by atoms with Crippen molar-refractivity contribution in [1.82, 2.24) is 4.98 Å². The van der Waals surface area contributed by atoms with Crippen LogP contribution in [0.3, 0.4) is 0 Å². The molecule has 1 unspecified atom stereocenters. The summed E-state index contributed by atoms with van der Waals surface area (Å²) in [6, 6.07) is 4.76. The minimum Gasteiger partial charge on any atom is -0.461 e. The zero-order valence-corrected chi connectivity index (χ0v) is 19.7. The van der Waals surface area contributed by atoms with Crippen molar-refractivity contribution in [3.63, 3.8) is 0 Å². The van der Waals surface area contributed by atoms with Gasteiger partial charge >= 0.3 is 11.9 Å². The van der Waals surface area contributed by atoms with Gasteiger partial charge in [-0.1, -0.05) is 71.3 Å². The first kappa shape index (κ1) is 27.1. The van der Waals surface area contributed by atoms with E-state index in [1.807, 2.05) is 0 Å². The second kappa shape index (κ2) is 17.7. The number of unbranched alkanes of at least 4 members (excludes halogenated alkanes) is 7. The van der Waals surface area contributed by atoms with Crippen LogP contribution >= 0.6 is 0 Å². The first-order valence-corrected chi connectivity index (χ1v) is 11.9. The Balaban J connectivity index is 2.46.